The predicted molar refractivity (Wildman–Crippen MR) is 150 cm³/mol. The summed E-state index contributed by atoms with van der Waals surface area (Å²) in [7, 11) is 0. The Hall–Kier alpha value is -4.40. The maximum atomic E-state index is 14.6. The zero-order valence-corrected chi connectivity index (χ0v) is 23.0. The molecule has 1 aromatic heterocycles. The molecular weight excluding hydrogens is 568 g/mol. The van der Waals surface area contributed by atoms with Gasteiger partial charge in [0.2, 0.25) is 11.8 Å². The third-order valence-electron chi connectivity index (χ3n) is 7.37. The molecule has 2 atom stereocenters. The van der Waals surface area contributed by atoms with Crippen molar-refractivity contribution < 1.29 is 28.3 Å². The van der Waals surface area contributed by atoms with Crippen LogP contribution in [0, 0.1) is 11.3 Å². The van der Waals surface area contributed by atoms with Crippen molar-refractivity contribution >= 4 is 40.8 Å². The summed E-state index contributed by atoms with van der Waals surface area (Å²) in [6.45, 7) is -0.352. The van der Waals surface area contributed by atoms with Gasteiger partial charge >= 0.3 is 0 Å². The first-order chi connectivity index (χ1) is 20.1. The molecule has 1 aliphatic carbocycles. The van der Waals surface area contributed by atoms with Crippen molar-refractivity contribution in [1.29, 1.82) is 5.26 Å². The molecule has 2 aliphatic rings. The molecule has 1 saturated heterocycles. The molecule has 0 radical (unpaired) electrons. The number of pyridine rings is 1. The highest BCUT2D eigenvalue weighted by molar-refractivity contribution is 6.31. The molecule has 12 heteroatoms. The van der Waals surface area contributed by atoms with Gasteiger partial charge in [-0.2, -0.15) is 5.26 Å². The van der Waals surface area contributed by atoms with Gasteiger partial charge in [-0.3, -0.25) is 24.2 Å². The largest absolute Gasteiger partial charge is 0.392 e. The van der Waals surface area contributed by atoms with E-state index in [0.29, 0.717) is 5.56 Å². The van der Waals surface area contributed by atoms with Crippen molar-refractivity contribution in [2.45, 2.75) is 56.3 Å². The molecule has 5 rings (SSSR count). The van der Waals surface area contributed by atoms with Crippen LogP contribution in [0.5, 0.6) is 0 Å². The molecule has 2 heterocycles. The molecule has 0 bridgehead atoms. The number of alkyl halides is 2. The maximum absolute atomic E-state index is 14.6. The quantitative estimate of drug-likeness (QED) is 0.401. The highest BCUT2D eigenvalue weighted by Crippen LogP contribution is 2.40. The second kappa shape index (κ2) is 11.8. The number of aliphatic hydroxyl groups is 1. The van der Waals surface area contributed by atoms with Gasteiger partial charge in [-0.15, -0.1) is 0 Å². The number of nitrogens with one attached hydrogen (secondary N) is 1. The number of nitriles is 1. The topological polar surface area (TPSA) is 127 Å². The first kappa shape index (κ1) is 29.1. The Morgan fingerprint density at radius 2 is 1.95 bits per heavy atom. The smallest absolute Gasteiger partial charge is 0.252 e. The molecule has 2 fully saturated rings. The molecule has 1 saturated carbocycles. The van der Waals surface area contributed by atoms with Crippen LogP contribution in [0.1, 0.15) is 48.4 Å². The molecule has 42 heavy (non-hydrogen) atoms. The lowest BCUT2D eigenvalue weighted by molar-refractivity contribution is -0.133. The Kier molecular flexibility index (Phi) is 8.20. The normalized spacial score (nSPS) is 18.6. The Labute approximate surface area is 245 Å². The minimum absolute atomic E-state index is 0.0134. The summed E-state index contributed by atoms with van der Waals surface area (Å²) in [6.07, 6.45) is 0.400. The van der Waals surface area contributed by atoms with Crippen LogP contribution in [0.25, 0.3) is 0 Å². The maximum Gasteiger partial charge on any atom is 0.252 e. The molecule has 0 unspecified atom stereocenters. The number of anilines is 2. The Morgan fingerprint density at radius 1 is 1.19 bits per heavy atom. The van der Waals surface area contributed by atoms with Crippen molar-refractivity contribution in [1.82, 2.24) is 10.3 Å². The number of benzene rings is 2. The van der Waals surface area contributed by atoms with Gasteiger partial charge in [0.25, 0.3) is 11.8 Å². The number of amides is 3. The first-order valence-corrected chi connectivity index (χ1v) is 13.6. The molecule has 216 valence electrons. The zero-order valence-electron chi connectivity index (χ0n) is 22.2. The summed E-state index contributed by atoms with van der Waals surface area (Å²) in [6, 6.07) is 14.3. The van der Waals surface area contributed by atoms with Gasteiger partial charge in [0.15, 0.2) is 0 Å². The van der Waals surface area contributed by atoms with Crippen LogP contribution in [0.15, 0.2) is 66.9 Å². The average Bonchev–Trinajstić information content (AvgIpc) is 3.36. The van der Waals surface area contributed by atoms with Crippen molar-refractivity contribution in [2.24, 2.45) is 0 Å². The summed E-state index contributed by atoms with van der Waals surface area (Å²) in [5.41, 5.74) is 1.16. The highest BCUT2D eigenvalue weighted by Gasteiger charge is 2.48. The van der Waals surface area contributed by atoms with Gasteiger partial charge in [-0.25, -0.2) is 13.8 Å². The van der Waals surface area contributed by atoms with E-state index in [4.69, 9.17) is 11.6 Å². The summed E-state index contributed by atoms with van der Waals surface area (Å²) >= 11 is 6.55. The molecule has 1 aliphatic heterocycles. The minimum Gasteiger partial charge on any atom is -0.392 e. The van der Waals surface area contributed by atoms with E-state index < -0.39 is 54.6 Å². The summed E-state index contributed by atoms with van der Waals surface area (Å²) in [5.74, 6) is -4.56. The summed E-state index contributed by atoms with van der Waals surface area (Å²) in [5, 5.41) is 22.0. The van der Waals surface area contributed by atoms with Crippen LogP contribution in [0.3, 0.4) is 0 Å². The van der Waals surface area contributed by atoms with E-state index in [2.05, 4.69) is 10.3 Å². The Balaban J connectivity index is 1.62. The van der Waals surface area contributed by atoms with Gasteiger partial charge in [-0.05, 0) is 42.3 Å². The SMILES string of the molecule is N#Cc1ccnc(N2C(=O)CC[C@H]2C(=O)N(c2cccc(CO)c2)[C@H](C(=O)NC2CC(F)(F)C2)c2ccccc2Cl)c1. The van der Waals surface area contributed by atoms with Gasteiger partial charge in [0.1, 0.15) is 17.9 Å². The van der Waals surface area contributed by atoms with E-state index in [0.717, 1.165) is 0 Å². The summed E-state index contributed by atoms with van der Waals surface area (Å²) < 4.78 is 27.3. The Bertz CT molecular complexity index is 1570. The van der Waals surface area contributed by atoms with Crippen LogP contribution in [0.4, 0.5) is 20.3 Å². The van der Waals surface area contributed by atoms with Crippen LogP contribution in [-0.2, 0) is 21.0 Å². The van der Waals surface area contributed by atoms with E-state index >= 15 is 0 Å². The molecule has 2 aromatic carbocycles. The fourth-order valence-corrected chi connectivity index (χ4v) is 5.57. The predicted octanol–water partition coefficient (Wildman–Crippen LogP) is 4.28. The Morgan fingerprint density at radius 3 is 2.64 bits per heavy atom. The molecule has 3 amide bonds. The molecule has 0 spiro atoms. The van der Waals surface area contributed by atoms with E-state index in [-0.39, 0.29) is 47.1 Å². The van der Waals surface area contributed by atoms with Crippen molar-refractivity contribution in [3.63, 3.8) is 0 Å². The van der Waals surface area contributed by atoms with E-state index in [1.165, 1.54) is 34.2 Å². The number of carbonyl (C=O) groups excluding carboxylic acids is 3. The number of hydrogen-bond acceptors (Lipinski definition) is 6. The second-order valence-corrected chi connectivity index (χ2v) is 10.7. The third kappa shape index (κ3) is 5.82. The standard InChI is InChI=1S/C30H26ClF2N5O4/c31-23-7-2-1-6-22(23)27(28(41)36-20-14-30(32,33)15-20)37(21-5-3-4-19(12-21)17-39)29(42)24-8-9-26(40)38(24)25-13-18(16-34)10-11-35-25/h1-7,10-13,20,24,27,39H,8-9,14-15,17H2,(H,36,41)/t24-,27-/m0/s1. The van der Waals surface area contributed by atoms with Crippen molar-refractivity contribution in [3.8, 4) is 6.07 Å². The van der Waals surface area contributed by atoms with Gasteiger partial charge in [0.05, 0.1) is 18.2 Å². The zero-order chi connectivity index (χ0) is 30.0. The van der Waals surface area contributed by atoms with Crippen LogP contribution in [-0.4, -0.2) is 45.8 Å². The lowest BCUT2D eigenvalue weighted by atomic mass is 9.87. The minimum atomic E-state index is -2.89. The van der Waals surface area contributed by atoms with Crippen molar-refractivity contribution in [2.75, 3.05) is 9.80 Å². The summed E-state index contributed by atoms with van der Waals surface area (Å²) in [4.78, 5) is 48.1. The second-order valence-electron chi connectivity index (χ2n) is 10.3. The first-order valence-electron chi connectivity index (χ1n) is 13.3. The number of nitrogens with zero attached hydrogens (tertiary/aromatic N) is 4. The van der Waals surface area contributed by atoms with E-state index in [1.807, 2.05) is 6.07 Å². The fourth-order valence-electron chi connectivity index (χ4n) is 5.33. The average molecular weight is 594 g/mol. The van der Waals surface area contributed by atoms with Crippen LogP contribution < -0.4 is 15.1 Å². The number of hydrogen-bond donors (Lipinski definition) is 2. The lowest BCUT2D eigenvalue weighted by Gasteiger charge is -2.39. The van der Waals surface area contributed by atoms with Gasteiger partial charge in [0, 0.05) is 47.8 Å². The molecule has 3 aromatic rings. The lowest BCUT2D eigenvalue weighted by Crippen LogP contribution is -2.56. The highest BCUT2D eigenvalue weighted by atomic mass is 35.5. The van der Waals surface area contributed by atoms with Crippen LogP contribution in [0.2, 0.25) is 5.02 Å². The molecular formula is C30H26ClF2N5O4. The third-order valence-corrected chi connectivity index (χ3v) is 7.71. The number of halogens is 3. The molecule has 2 N–H and O–H groups in total. The number of carbonyl (C=O) groups is 3. The number of rotatable bonds is 8. The van der Waals surface area contributed by atoms with Crippen molar-refractivity contribution in [3.05, 3.63) is 88.6 Å². The van der Waals surface area contributed by atoms with Gasteiger partial charge in [-0.1, -0.05) is 41.9 Å². The number of aromatic nitrogens is 1. The fraction of sp³-hybridized carbons (Fsp3) is 0.300. The van der Waals surface area contributed by atoms with E-state index in [9.17, 15) is 33.5 Å². The monoisotopic (exact) mass is 593 g/mol. The van der Waals surface area contributed by atoms with E-state index in [1.54, 1.807) is 42.5 Å². The van der Waals surface area contributed by atoms with Crippen LogP contribution >= 0.6 is 11.6 Å². The molecule has 9 nitrogen and oxygen atoms in total. The van der Waals surface area contributed by atoms with Gasteiger partial charge < -0.3 is 10.4 Å². The number of aliphatic hydroxyl groups excluding tert-OH is 1.